The van der Waals surface area contributed by atoms with E-state index in [0.29, 0.717) is 21.6 Å². The highest BCUT2D eigenvalue weighted by Crippen LogP contribution is 2.33. The van der Waals surface area contributed by atoms with Gasteiger partial charge in [-0.3, -0.25) is 4.79 Å². The third-order valence-corrected chi connectivity index (χ3v) is 7.02. The molecule has 2 aromatic heterocycles. The van der Waals surface area contributed by atoms with E-state index in [1.807, 2.05) is 67.6 Å². The van der Waals surface area contributed by atoms with Gasteiger partial charge in [-0.2, -0.15) is 4.73 Å². The fourth-order valence-corrected chi connectivity index (χ4v) is 4.80. The third-order valence-electron chi connectivity index (χ3n) is 7.02. The van der Waals surface area contributed by atoms with Crippen molar-refractivity contribution in [3.8, 4) is 5.75 Å². The lowest BCUT2D eigenvalue weighted by atomic mass is 9.94. The molecule has 0 saturated heterocycles. The van der Waals surface area contributed by atoms with Crippen molar-refractivity contribution in [3.63, 3.8) is 0 Å². The largest absolute Gasteiger partial charge is 0.619 e. The second-order valence-corrected chi connectivity index (χ2v) is 9.81. The maximum atomic E-state index is 13.3. The average Bonchev–Trinajstić information content (AvgIpc) is 3.37. The minimum absolute atomic E-state index is 0.121. The minimum Gasteiger partial charge on any atom is -0.619 e. The van der Waals surface area contributed by atoms with Gasteiger partial charge in [-0.1, -0.05) is 42.5 Å². The number of methoxy groups -OCH3 is 1. The van der Waals surface area contributed by atoms with E-state index in [-0.39, 0.29) is 18.4 Å². The van der Waals surface area contributed by atoms with Crippen LogP contribution in [0.2, 0.25) is 0 Å². The maximum absolute atomic E-state index is 13.3. The van der Waals surface area contributed by atoms with Crippen LogP contribution in [0.15, 0.2) is 102 Å². The van der Waals surface area contributed by atoms with Crippen LogP contribution in [0, 0.1) is 12.1 Å². The maximum Gasteiger partial charge on any atom is 0.225 e. The summed E-state index contributed by atoms with van der Waals surface area (Å²) < 4.78 is 12.0. The number of nitrogens with one attached hydrogen (secondary N) is 1. The van der Waals surface area contributed by atoms with Crippen molar-refractivity contribution in [2.24, 2.45) is 0 Å². The Bertz CT molecular complexity index is 1610. The zero-order valence-electron chi connectivity index (χ0n) is 22.0. The van der Waals surface area contributed by atoms with Gasteiger partial charge in [0.15, 0.2) is 12.4 Å². The number of fused-ring (bicyclic) bond motifs is 1. The van der Waals surface area contributed by atoms with Crippen LogP contribution in [0.3, 0.4) is 0 Å². The van der Waals surface area contributed by atoms with Gasteiger partial charge in [-0.05, 0) is 66.4 Å². The van der Waals surface area contributed by atoms with Gasteiger partial charge in [0.05, 0.1) is 19.6 Å². The molecule has 2 N–H and O–H groups in total. The first kappa shape index (κ1) is 26.0. The summed E-state index contributed by atoms with van der Waals surface area (Å²) in [5.74, 6) is 0.994. The van der Waals surface area contributed by atoms with E-state index in [1.165, 1.54) is 12.4 Å². The summed E-state index contributed by atoms with van der Waals surface area (Å²) in [7, 11) is 1.63. The normalized spacial score (nSPS) is 13.5. The highest BCUT2D eigenvalue weighted by Gasteiger charge is 2.30. The molecule has 0 fully saturated rings. The number of aromatic nitrogens is 1. The molecule has 0 spiro atoms. The van der Waals surface area contributed by atoms with Crippen molar-refractivity contribution in [1.29, 1.82) is 0 Å². The molecule has 2 atom stereocenters. The number of hydrogen-bond donors (Lipinski definition) is 2. The highest BCUT2D eigenvalue weighted by atomic mass is 16.5. The summed E-state index contributed by atoms with van der Waals surface area (Å²) in [6, 6.07) is 25.8. The Balaban J connectivity index is 1.38. The summed E-state index contributed by atoms with van der Waals surface area (Å²) in [6.07, 6.45) is 2.84. The number of furan rings is 1. The van der Waals surface area contributed by atoms with Crippen LogP contribution in [-0.4, -0.2) is 18.1 Å². The lowest BCUT2D eigenvalue weighted by Crippen LogP contribution is -2.31. The number of carbonyl (C=O) groups is 1. The smallest absolute Gasteiger partial charge is 0.225 e. The van der Waals surface area contributed by atoms with Crippen molar-refractivity contribution in [1.82, 2.24) is 5.32 Å². The molecule has 198 valence electrons. The van der Waals surface area contributed by atoms with Gasteiger partial charge in [0.2, 0.25) is 5.91 Å². The molecule has 39 heavy (non-hydrogen) atoms. The van der Waals surface area contributed by atoms with Crippen LogP contribution in [0.25, 0.3) is 11.0 Å². The number of pyridine rings is 1. The summed E-state index contributed by atoms with van der Waals surface area (Å²) in [5.41, 5.74) is 3.53. The number of aryl methyl sites for hydroxylation is 1. The standard InChI is InChI=1S/C32H30N2O5/c1-21-17-26(38-3)10-11-27(21)31(23-7-5-4-6-8-23)33-30(35)19-22-9-12-28-24(18-22)20-29(39-28)32(2,36)25-13-15-34(37)16-14-25/h4-18,20,31,36H,19H2,1-3H3,(H,33,35). The van der Waals surface area contributed by atoms with Gasteiger partial charge in [-0.25, -0.2) is 0 Å². The fraction of sp³-hybridized carbons (Fsp3) is 0.188. The van der Waals surface area contributed by atoms with Crippen molar-refractivity contribution in [3.05, 3.63) is 136 Å². The molecule has 1 amide bonds. The molecule has 7 nitrogen and oxygen atoms in total. The van der Waals surface area contributed by atoms with E-state index >= 15 is 0 Å². The Morgan fingerprint density at radius 1 is 1.05 bits per heavy atom. The first-order chi connectivity index (χ1) is 18.7. The van der Waals surface area contributed by atoms with Gasteiger partial charge in [-0.15, -0.1) is 0 Å². The topological polar surface area (TPSA) is 98.6 Å². The number of hydrogen-bond acceptors (Lipinski definition) is 5. The van der Waals surface area contributed by atoms with Crippen LogP contribution in [-0.2, 0) is 16.8 Å². The van der Waals surface area contributed by atoms with Gasteiger partial charge in [0.25, 0.3) is 0 Å². The Morgan fingerprint density at radius 3 is 2.49 bits per heavy atom. The molecule has 0 aliphatic heterocycles. The molecule has 0 saturated carbocycles. The van der Waals surface area contributed by atoms with E-state index < -0.39 is 5.60 Å². The molecule has 0 aliphatic carbocycles. The monoisotopic (exact) mass is 522 g/mol. The quantitative estimate of drug-likeness (QED) is 0.219. The lowest BCUT2D eigenvalue weighted by Gasteiger charge is -2.22. The SMILES string of the molecule is COc1ccc(C(NC(=O)Cc2ccc3oc(C(C)(O)c4cc[n+]([O-])cc4)cc3c2)c2ccccc2)c(C)c1. The predicted octanol–water partition coefficient (Wildman–Crippen LogP) is 5.09. The van der Waals surface area contributed by atoms with Crippen molar-refractivity contribution < 1.29 is 23.8 Å². The van der Waals surface area contributed by atoms with Crippen LogP contribution in [0.4, 0.5) is 0 Å². The molecule has 0 bridgehead atoms. The van der Waals surface area contributed by atoms with E-state index in [4.69, 9.17) is 9.15 Å². The number of nitrogens with zero attached hydrogens (tertiary/aromatic N) is 1. The number of ether oxygens (including phenoxy) is 1. The van der Waals surface area contributed by atoms with Gasteiger partial charge < -0.3 is 24.8 Å². The second kappa shape index (κ2) is 10.6. The highest BCUT2D eigenvalue weighted by molar-refractivity contribution is 5.83. The summed E-state index contributed by atoms with van der Waals surface area (Å²) >= 11 is 0. The fourth-order valence-electron chi connectivity index (χ4n) is 4.80. The Labute approximate surface area is 226 Å². The zero-order chi connectivity index (χ0) is 27.6. The molecule has 3 aromatic carbocycles. The summed E-state index contributed by atoms with van der Waals surface area (Å²) in [6.45, 7) is 3.63. The molecular weight excluding hydrogens is 492 g/mol. The van der Waals surface area contributed by atoms with Crippen LogP contribution < -0.4 is 14.8 Å². The number of amides is 1. The number of carbonyl (C=O) groups excluding carboxylic acids is 1. The molecule has 2 unspecified atom stereocenters. The van der Waals surface area contributed by atoms with Crippen LogP contribution >= 0.6 is 0 Å². The molecular formula is C32H30N2O5. The minimum atomic E-state index is -1.43. The van der Waals surface area contributed by atoms with E-state index in [2.05, 4.69) is 5.32 Å². The summed E-state index contributed by atoms with van der Waals surface area (Å²) in [4.78, 5) is 13.3. The molecule has 5 rings (SSSR count). The van der Waals surface area contributed by atoms with Gasteiger partial charge in [0.1, 0.15) is 22.7 Å². The Morgan fingerprint density at radius 2 is 1.79 bits per heavy atom. The number of benzene rings is 3. The third kappa shape index (κ3) is 5.49. The van der Waals surface area contributed by atoms with E-state index in [1.54, 1.807) is 38.3 Å². The average molecular weight is 523 g/mol. The molecule has 5 aromatic rings. The van der Waals surface area contributed by atoms with Crippen molar-refractivity contribution >= 4 is 16.9 Å². The first-order valence-corrected chi connectivity index (χ1v) is 12.7. The molecule has 2 heterocycles. The Kier molecular flexibility index (Phi) is 7.09. The van der Waals surface area contributed by atoms with E-state index in [9.17, 15) is 15.1 Å². The lowest BCUT2D eigenvalue weighted by molar-refractivity contribution is -0.605. The van der Waals surface area contributed by atoms with Gasteiger partial charge >= 0.3 is 0 Å². The zero-order valence-corrected chi connectivity index (χ0v) is 22.0. The Hall–Kier alpha value is -4.62. The molecule has 0 aliphatic rings. The van der Waals surface area contributed by atoms with Crippen LogP contribution in [0.1, 0.15) is 46.5 Å². The molecule has 7 heteroatoms. The van der Waals surface area contributed by atoms with Crippen molar-refractivity contribution in [2.45, 2.75) is 31.9 Å². The first-order valence-electron chi connectivity index (χ1n) is 12.7. The van der Waals surface area contributed by atoms with Gasteiger partial charge in [0, 0.05) is 23.1 Å². The van der Waals surface area contributed by atoms with Crippen LogP contribution in [0.5, 0.6) is 5.75 Å². The van der Waals surface area contributed by atoms with Crippen molar-refractivity contribution in [2.75, 3.05) is 7.11 Å². The predicted molar refractivity (Wildman–Crippen MR) is 148 cm³/mol. The summed E-state index contributed by atoms with van der Waals surface area (Å²) in [5, 5.41) is 26.5. The number of aliphatic hydroxyl groups is 1. The molecule has 0 radical (unpaired) electrons. The number of rotatable bonds is 8. The van der Waals surface area contributed by atoms with E-state index in [0.717, 1.165) is 33.4 Å². The second-order valence-electron chi connectivity index (χ2n) is 9.81.